The average Bonchev–Trinajstić information content (AvgIpc) is 3.08. The van der Waals surface area contributed by atoms with Crippen molar-refractivity contribution in [2.24, 2.45) is 0 Å². The lowest BCUT2D eigenvalue weighted by Gasteiger charge is -2.23. The minimum Gasteiger partial charge on any atom is -0.343 e. The number of aromatic nitrogens is 1. The van der Waals surface area contributed by atoms with Gasteiger partial charge >= 0.3 is 0 Å². The molecule has 2 aromatic carbocycles. The highest BCUT2D eigenvalue weighted by atomic mass is 35.5. The molecule has 0 saturated heterocycles. The van der Waals surface area contributed by atoms with Crippen molar-refractivity contribution < 1.29 is 9.59 Å². The number of halogens is 1. The molecule has 2 amide bonds. The fourth-order valence-electron chi connectivity index (χ4n) is 2.46. The Labute approximate surface area is 160 Å². The highest BCUT2D eigenvalue weighted by Gasteiger charge is 2.21. The van der Waals surface area contributed by atoms with Gasteiger partial charge in [-0.05, 0) is 37.3 Å². The van der Waals surface area contributed by atoms with Crippen molar-refractivity contribution in [1.29, 1.82) is 0 Å². The Morgan fingerprint density at radius 2 is 2.00 bits per heavy atom. The number of hydrogen-bond acceptors (Lipinski definition) is 4. The van der Waals surface area contributed by atoms with E-state index in [0.717, 1.165) is 15.2 Å². The van der Waals surface area contributed by atoms with E-state index in [1.165, 1.54) is 0 Å². The highest BCUT2D eigenvalue weighted by molar-refractivity contribution is 7.18. The molecule has 3 rings (SSSR count). The number of para-hydroxylation sites is 1. The summed E-state index contributed by atoms with van der Waals surface area (Å²) >= 11 is 7.45. The number of benzene rings is 2. The number of carbonyl (C=O) groups is 2. The molecule has 0 radical (unpaired) electrons. The predicted molar refractivity (Wildman–Crippen MR) is 105 cm³/mol. The first-order valence-electron chi connectivity index (χ1n) is 8.10. The van der Waals surface area contributed by atoms with Gasteiger partial charge in [-0.3, -0.25) is 9.59 Å². The van der Waals surface area contributed by atoms with Crippen LogP contribution in [0.4, 0.5) is 0 Å². The normalized spacial score (nSPS) is 12.0. The summed E-state index contributed by atoms with van der Waals surface area (Å²) < 4.78 is 1.09. The van der Waals surface area contributed by atoms with Crippen molar-refractivity contribution in [2.45, 2.75) is 13.0 Å². The van der Waals surface area contributed by atoms with Gasteiger partial charge in [0.15, 0.2) is 0 Å². The van der Waals surface area contributed by atoms with Crippen LogP contribution in [0.25, 0.3) is 10.2 Å². The van der Waals surface area contributed by atoms with Gasteiger partial charge in [-0.2, -0.15) is 0 Å². The van der Waals surface area contributed by atoms with Crippen LogP contribution < -0.4 is 5.32 Å². The van der Waals surface area contributed by atoms with Crippen molar-refractivity contribution in [3.8, 4) is 0 Å². The van der Waals surface area contributed by atoms with Gasteiger partial charge in [-0.15, -0.1) is 11.3 Å². The molecule has 0 aliphatic heterocycles. The third kappa shape index (κ3) is 4.03. The van der Waals surface area contributed by atoms with Crippen LogP contribution in [-0.2, 0) is 4.79 Å². The summed E-state index contributed by atoms with van der Waals surface area (Å²) in [4.78, 5) is 30.8. The fraction of sp³-hybridized carbons (Fsp3) is 0.211. The SMILES string of the molecule is C[C@@H](c1nc2ccccc2s1)N(C)C(=O)CNC(=O)c1cccc(Cl)c1. The monoisotopic (exact) mass is 387 g/mol. The van der Waals surface area contributed by atoms with E-state index in [0.29, 0.717) is 10.6 Å². The third-order valence-electron chi connectivity index (χ3n) is 4.13. The van der Waals surface area contributed by atoms with E-state index in [4.69, 9.17) is 11.6 Å². The van der Waals surface area contributed by atoms with Crippen molar-refractivity contribution in [2.75, 3.05) is 13.6 Å². The van der Waals surface area contributed by atoms with Crippen LogP contribution in [-0.4, -0.2) is 35.3 Å². The van der Waals surface area contributed by atoms with Crippen LogP contribution in [0.1, 0.15) is 28.3 Å². The summed E-state index contributed by atoms with van der Waals surface area (Å²) in [6.45, 7) is 1.84. The van der Waals surface area contributed by atoms with E-state index in [1.807, 2.05) is 31.2 Å². The number of nitrogens with one attached hydrogen (secondary N) is 1. The fourth-order valence-corrected chi connectivity index (χ4v) is 3.72. The summed E-state index contributed by atoms with van der Waals surface area (Å²) in [7, 11) is 1.71. The molecule has 3 aromatic rings. The van der Waals surface area contributed by atoms with Crippen LogP contribution in [0, 0.1) is 0 Å². The first kappa shape index (κ1) is 18.4. The number of fused-ring (bicyclic) bond motifs is 1. The number of nitrogens with zero attached hydrogens (tertiary/aromatic N) is 2. The van der Waals surface area contributed by atoms with Crippen molar-refractivity contribution in [3.05, 3.63) is 64.1 Å². The maximum atomic E-state index is 12.4. The van der Waals surface area contributed by atoms with E-state index < -0.39 is 0 Å². The standard InChI is InChI=1S/C19H18ClN3O2S/c1-12(19-22-15-8-3-4-9-16(15)26-19)23(2)17(24)11-21-18(25)13-6-5-7-14(20)10-13/h3-10,12H,11H2,1-2H3,(H,21,25)/t12-/m0/s1. The van der Waals surface area contributed by atoms with E-state index in [2.05, 4.69) is 10.3 Å². The number of rotatable bonds is 5. The van der Waals surface area contributed by atoms with E-state index in [-0.39, 0.29) is 24.4 Å². The molecule has 7 heteroatoms. The molecule has 0 unspecified atom stereocenters. The summed E-state index contributed by atoms with van der Waals surface area (Å²) in [5.41, 5.74) is 1.35. The van der Waals surface area contributed by atoms with Crippen LogP contribution in [0.5, 0.6) is 0 Å². The van der Waals surface area contributed by atoms with Gasteiger partial charge in [0.1, 0.15) is 5.01 Å². The van der Waals surface area contributed by atoms with E-state index in [9.17, 15) is 9.59 Å². The predicted octanol–water partition coefficient (Wildman–Crippen LogP) is 3.90. The lowest BCUT2D eigenvalue weighted by Crippen LogP contribution is -2.39. The van der Waals surface area contributed by atoms with E-state index in [1.54, 1.807) is 47.5 Å². The van der Waals surface area contributed by atoms with Gasteiger partial charge in [-0.25, -0.2) is 4.98 Å². The Balaban J connectivity index is 1.62. The highest BCUT2D eigenvalue weighted by Crippen LogP contribution is 2.28. The van der Waals surface area contributed by atoms with Gasteiger partial charge in [0, 0.05) is 17.6 Å². The summed E-state index contributed by atoms with van der Waals surface area (Å²) in [6.07, 6.45) is 0. The molecule has 0 aliphatic rings. The quantitative estimate of drug-likeness (QED) is 0.722. The molecule has 1 N–H and O–H groups in total. The summed E-state index contributed by atoms with van der Waals surface area (Å²) in [6, 6.07) is 14.3. The topological polar surface area (TPSA) is 62.3 Å². The molecular weight excluding hydrogens is 370 g/mol. The molecule has 0 spiro atoms. The first-order chi connectivity index (χ1) is 12.5. The van der Waals surface area contributed by atoms with Crippen LogP contribution in [0.2, 0.25) is 5.02 Å². The summed E-state index contributed by atoms with van der Waals surface area (Å²) in [5, 5.41) is 3.98. The minimum absolute atomic E-state index is 0.0862. The average molecular weight is 388 g/mol. The van der Waals surface area contributed by atoms with Crippen molar-refractivity contribution in [3.63, 3.8) is 0 Å². The molecule has 0 bridgehead atoms. The molecule has 1 atom stereocenters. The number of thiazole rings is 1. The number of amides is 2. The van der Waals surface area contributed by atoms with Crippen LogP contribution in [0.3, 0.4) is 0 Å². The van der Waals surface area contributed by atoms with Gasteiger partial charge in [0.25, 0.3) is 5.91 Å². The Morgan fingerprint density at radius 3 is 2.73 bits per heavy atom. The number of hydrogen-bond donors (Lipinski definition) is 1. The lowest BCUT2D eigenvalue weighted by molar-refractivity contribution is -0.130. The number of carbonyl (C=O) groups excluding carboxylic acids is 2. The van der Waals surface area contributed by atoms with Gasteiger partial charge in [0.2, 0.25) is 5.91 Å². The molecule has 26 heavy (non-hydrogen) atoms. The Hall–Kier alpha value is -2.44. The zero-order chi connectivity index (χ0) is 18.7. The summed E-state index contributed by atoms with van der Waals surface area (Å²) in [5.74, 6) is -0.519. The maximum Gasteiger partial charge on any atom is 0.251 e. The largest absolute Gasteiger partial charge is 0.343 e. The minimum atomic E-state index is -0.332. The van der Waals surface area contributed by atoms with Crippen molar-refractivity contribution >= 4 is 45.0 Å². The van der Waals surface area contributed by atoms with Gasteiger partial charge < -0.3 is 10.2 Å². The second-order valence-electron chi connectivity index (χ2n) is 5.89. The molecular formula is C19H18ClN3O2S. The Bertz CT molecular complexity index is 924. The molecule has 5 nitrogen and oxygen atoms in total. The zero-order valence-electron chi connectivity index (χ0n) is 14.4. The smallest absolute Gasteiger partial charge is 0.251 e. The second kappa shape index (κ2) is 7.85. The molecule has 0 aliphatic carbocycles. The van der Waals surface area contributed by atoms with Crippen molar-refractivity contribution in [1.82, 2.24) is 15.2 Å². The van der Waals surface area contributed by atoms with Gasteiger partial charge in [0.05, 0.1) is 22.8 Å². The molecule has 1 heterocycles. The second-order valence-corrected chi connectivity index (χ2v) is 7.39. The third-order valence-corrected chi connectivity index (χ3v) is 5.57. The zero-order valence-corrected chi connectivity index (χ0v) is 16.0. The van der Waals surface area contributed by atoms with Crippen LogP contribution >= 0.6 is 22.9 Å². The molecule has 1 aromatic heterocycles. The lowest BCUT2D eigenvalue weighted by atomic mass is 10.2. The van der Waals surface area contributed by atoms with Crippen LogP contribution in [0.15, 0.2) is 48.5 Å². The van der Waals surface area contributed by atoms with Gasteiger partial charge in [-0.1, -0.05) is 29.8 Å². The van der Waals surface area contributed by atoms with E-state index >= 15 is 0 Å². The Morgan fingerprint density at radius 1 is 1.23 bits per heavy atom. The molecule has 0 saturated carbocycles. The Kier molecular flexibility index (Phi) is 5.54. The maximum absolute atomic E-state index is 12.4. The number of likely N-dealkylation sites (N-methyl/N-ethyl adjacent to an activating group) is 1. The molecule has 0 fully saturated rings. The molecule has 134 valence electrons. The first-order valence-corrected chi connectivity index (χ1v) is 9.30.